The Morgan fingerprint density at radius 3 is 2.50 bits per heavy atom. The largest absolute Gasteiger partial charge is 0.372 e. The van der Waals surface area contributed by atoms with Crippen LogP contribution in [0, 0.1) is 0 Å². The van der Waals surface area contributed by atoms with E-state index in [1.54, 1.807) is 0 Å². The monoisotopic (exact) mass is 326 g/mol. The van der Waals surface area contributed by atoms with Crippen LogP contribution in [-0.2, 0) is 0 Å². The molecule has 0 unspecified atom stereocenters. The maximum atomic E-state index is 12.2. The molecule has 1 aromatic carbocycles. The van der Waals surface area contributed by atoms with Gasteiger partial charge in [-0.05, 0) is 49.9 Å². The summed E-state index contributed by atoms with van der Waals surface area (Å²) >= 11 is 0. The molecule has 0 spiro atoms. The molecular weight excluding hydrogens is 304 g/mol. The van der Waals surface area contributed by atoms with E-state index in [2.05, 4.69) is 32.5 Å². The summed E-state index contributed by atoms with van der Waals surface area (Å²) in [5.41, 5.74) is 2.08. The number of aromatic nitrogens is 2. The van der Waals surface area contributed by atoms with Crippen molar-refractivity contribution in [3.8, 4) is 11.4 Å². The SMILES string of the molecule is O=C(NC1CCCC1)c1nc(-c2ccc(N3CCCC3)cc2)no1. The second-order valence-electron chi connectivity index (χ2n) is 6.62. The molecule has 24 heavy (non-hydrogen) atoms. The van der Waals surface area contributed by atoms with Gasteiger partial charge in [-0.3, -0.25) is 4.79 Å². The van der Waals surface area contributed by atoms with E-state index in [4.69, 9.17) is 4.52 Å². The lowest BCUT2D eigenvalue weighted by atomic mass is 10.2. The van der Waals surface area contributed by atoms with Crippen molar-refractivity contribution < 1.29 is 9.32 Å². The van der Waals surface area contributed by atoms with Gasteiger partial charge in [0.2, 0.25) is 5.82 Å². The van der Waals surface area contributed by atoms with Crippen molar-refractivity contribution in [1.82, 2.24) is 15.5 Å². The molecule has 6 nitrogen and oxygen atoms in total. The van der Waals surface area contributed by atoms with Gasteiger partial charge in [0.1, 0.15) is 0 Å². The Morgan fingerprint density at radius 2 is 1.79 bits per heavy atom. The molecule has 2 heterocycles. The van der Waals surface area contributed by atoms with E-state index in [0.29, 0.717) is 5.82 Å². The quantitative estimate of drug-likeness (QED) is 0.935. The zero-order valence-electron chi connectivity index (χ0n) is 13.7. The van der Waals surface area contributed by atoms with E-state index >= 15 is 0 Å². The maximum absolute atomic E-state index is 12.2. The second kappa shape index (κ2) is 6.63. The molecule has 2 aliphatic rings. The lowest BCUT2D eigenvalue weighted by Crippen LogP contribution is -2.32. The Hall–Kier alpha value is -2.37. The summed E-state index contributed by atoms with van der Waals surface area (Å²) in [7, 11) is 0. The third kappa shape index (κ3) is 3.13. The first-order valence-electron chi connectivity index (χ1n) is 8.79. The molecule has 1 amide bonds. The molecule has 0 radical (unpaired) electrons. The standard InChI is InChI=1S/C18H22N4O2/c23-17(19-14-5-1-2-6-14)18-20-16(21-24-18)13-7-9-15(10-8-13)22-11-3-4-12-22/h7-10,14H,1-6,11-12H2,(H,19,23). The van der Waals surface area contributed by atoms with Gasteiger partial charge in [-0.2, -0.15) is 4.98 Å². The summed E-state index contributed by atoms with van der Waals surface area (Å²) in [5, 5.41) is 6.91. The highest BCUT2D eigenvalue weighted by Crippen LogP contribution is 2.24. The van der Waals surface area contributed by atoms with Gasteiger partial charge in [-0.15, -0.1) is 0 Å². The fourth-order valence-electron chi connectivity index (χ4n) is 3.55. The van der Waals surface area contributed by atoms with Crippen LogP contribution in [0.25, 0.3) is 11.4 Å². The van der Waals surface area contributed by atoms with Gasteiger partial charge >= 0.3 is 11.8 Å². The smallest absolute Gasteiger partial charge is 0.316 e. The highest BCUT2D eigenvalue weighted by molar-refractivity contribution is 5.90. The predicted octanol–water partition coefficient (Wildman–Crippen LogP) is 3.01. The Balaban J connectivity index is 1.44. The number of hydrogen-bond donors (Lipinski definition) is 1. The van der Waals surface area contributed by atoms with Crippen LogP contribution in [0.15, 0.2) is 28.8 Å². The first-order chi connectivity index (χ1) is 11.8. The number of carbonyl (C=O) groups is 1. The zero-order valence-corrected chi connectivity index (χ0v) is 13.7. The van der Waals surface area contributed by atoms with Gasteiger partial charge < -0.3 is 14.7 Å². The van der Waals surface area contributed by atoms with Gasteiger partial charge in [-0.1, -0.05) is 18.0 Å². The highest BCUT2D eigenvalue weighted by Gasteiger charge is 2.22. The summed E-state index contributed by atoms with van der Waals surface area (Å²) < 4.78 is 5.14. The van der Waals surface area contributed by atoms with Crippen LogP contribution in [0.3, 0.4) is 0 Å². The van der Waals surface area contributed by atoms with Crippen molar-refractivity contribution in [3.05, 3.63) is 30.2 Å². The molecule has 1 saturated heterocycles. The molecular formula is C18H22N4O2. The van der Waals surface area contributed by atoms with Crippen LogP contribution in [-0.4, -0.2) is 35.2 Å². The Bertz CT molecular complexity index is 698. The molecule has 1 saturated carbocycles. The molecule has 2 fully saturated rings. The minimum absolute atomic E-state index is 0.0421. The van der Waals surface area contributed by atoms with Crippen molar-refractivity contribution in [2.24, 2.45) is 0 Å². The maximum Gasteiger partial charge on any atom is 0.316 e. The predicted molar refractivity (Wildman–Crippen MR) is 90.9 cm³/mol. The van der Waals surface area contributed by atoms with Gasteiger partial charge in [0, 0.05) is 30.4 Å². The summed E-state index contributed by atoms with van der Waals surface area (Å²) in [5.74, 6) is 0.231. The van der Waals surface area contributed by atoms with E-state index < -0.39 is 0 Å². The average Bonchev–Trinajstić information content (AvgIpc) is 3.36. The summed E-state index contributed by atoms with van der Waals surface area (Å²) in [6.07, 6.45) is 6.92. The Morgan fingerprint density at radius 1 is 1.08 bits per heavy atom. The van der Waals surface area contributed by atoms with E-state index in [1.165, 1.54) is 31.4 Å². The van der Waals surface area contributed by atoms with Crippen molar-refractivity contribution in [2.75, 3.05) is 18.0 Å². The first-order valence-corrected chi connectivity index (χ1v) is 8.79. The van der Waals surface area contributed by atoms with Crippen molar-refractivity contribution in [2.45, 2.75) is 44.6 Å². The molecule has 1 aromatic heterocycles. The van der Waals surface area contributed by atoms with Crippen LogP contribution < -0.4 is 10.2 Å². The molecule has 1 aliphatic heterocycles. The Kier molecular flexibility index (Phi) is 4.19. The van der Waals surface area contributed by atoms with E-state index in [0.717, 1.165) is 31.5 Å². The minimum atomic E-state index is -0.269. The molecule has 0 atom stereocenters. The highest BCUT2D eigenvalue weighted by atomic mass is 16.5. The van der Waals surface area contributed by atoms with Gasteiger partial charge in [-0.25, -0.2) is 0 Å². The van der Waals surface area contributed by atoms with Crippen molar-refractivity contribution in [1.29, 1.82) is 0 Å². The van der Waals surface area contributed by atoms with Gasteiger partial charge in [0.05, 0.1) is 0 Å². The number of anilines is 1. The molecule has 6 heteroatoms. The number of rotatable bonds is 4. The number of nitrogens with zero attached hydrogens (tertiary/aromatic N) is 3. The zero-order chi connectivity index (χ0) is 16.4. The van der Waals surface area contributed by atoms with E-state index in [9.17, 15) is 4.79 Å². The second-order valence-corrected chi connectivity index (χ2v) is 6.62. The summed E-state index contributed by atoms with van der Waals surface area (Å²) in [4.78, 5) is 18.8. The topological polar surface area (TPSA) is 71.3 Å². The van der Waals surface area contributed by atoms with E-state index in [1.807, 2.05) is 12.1 Å². The van der Waals surface area contributed by atoms with Crippen molar-refractivity contribution >= 4 is 11.6 Å². The number of carbonyl (C=O) groups excluding carboxylic acids is 1. The molecule has 1 N–H and O–H groups in total. The summed E-state index contributed by atoms with van der Waals surface area (Å²) in [6, 6.07) is 8.37. The average molecular weight is 326 g/mol. The fourth-order valence-corrected chi connectivity index (χ4v) is 3.55. The van der Waals surface area contributed by atoms with Crippen LogP contribution in [0.2, 0.25) is 0 Å². The molecule has 4 rings (SSSR count). The number of nitrogens with one attached hydrogen (secondary N) is 1. The number of benzene rings is 1. The number of amides is 1. The van der Waals surface area contributed by atoms with Crippen LogP contribution in [0.4, 0.5) is 5.69 Å². The lowest BCUT2D eigenvalue weighted by Gasteiger charge is -2.17. The van der Waals surface area contributed by atoms with Gasteiger partial charge in [0.25, 0.3) is 0 Å². The van der Waals surface area contributed by atoms with Crippen LogP contribution in [0.1, 0.15) is 49.2 Å². The molecule has 0 bridgehead atoms. The lowest BCUT2D eigenvalue weighted by molar-refractivity contribution is 0.0893. The Labute approximate surface area is 141 Å². The van der Waals surface area contributed by atoms with E-state index in [-0.39, 0.29) is 17.8 Å². The molecule has 126 valence electrons. The fraction of sp³-hybridized carbons (Fsp3) is 0.500. The molecule has 1 aliphatic carbocycles. The van der Waals surface area contributed by atoms with Crippen LogP contribution >= 0.6 is 0 Å². The first kappa shape index (κ1) is 15.2. The van der Waals surface area contributed by atoms with Crippen LogP contribution in [0.5, 0.6) is 0 Å². The minimum Gasteiger partial charge on any atom is -0.372 e. The normalized spacial score (nSPS) is 18.2. The van der Waals surface area contributed by atoms with Crippen molar-refractivity contribution in [3.63, 3.8) is 0 Å². The van der Waals surface area contributed by atoms with Gasteiger partial charge in [0.15, 0.2) is 0 Å². The third-order valence-corrected chi connectivity index (χ3v) is 4.91. The molecule has 2 aromatic rings. The summed E-state index contributed by atoms with van der Waals surface area (Å²) in [6.45, 7) is 2.24. The third-order valence-electron chi connectivity index (χ3n) is 4.91. The number of hydrogen-bond acceptors (Lipinski definition) is 5.